The lowest BCUT2D eigenvalue weighted by atomic mass is 9.98. The Kier molecular flexibility index (Phi) is 4.96. The van der Waals surface area contributed by atoms with Crippen LogP contribution in [0.3, 0.4) is 0 Å². The third-order valence-electron chi connectivity index (χ3n) is 4.85. The Balaban J connectivity index is 1.44. The second-order valence-corrected chi connectivity index (χ2v) is 6.96. The van der Waals surface area contributed by atoms with Crippen LogP contribution in [0.1, 0.15) is 52.2 Å². The molecule has 0 aliphatic carbocycles. The van der Waals surface area contributed by atoms with Crippen molar-refractivity contribution in [2.24, 2.45) is 0 Å². The summed E-state index contributed by atoms with van der Waals surface area (Å²) in [5, 5.41) is 0. The summed E-state index contributed by atoms with van der Waals surface area (Å²) < 4.78 is 6.00. The van der Waals surface area contributed by atoms with Crippen LogP contribution in [0.5, 0.6) is 0 Å². The lowest BCUT2D eigenvalue weighted by molar-refractivity contribution is 0.0691. The highest BCUT2D eigenvalue weighted by atomic mass is 16.4. The van der Waals surface area contributed by atoms with E-state index in [4.69, 9.17) is 4.42 Å². The SMILES string of the molecule is Cc1cnc(C(=O)N2CCCC(c3ncc(Cc4ccccc4)o3)C2)cn1. The molecule has 27 heavy (non-hydrogen) atoms. The lowest BCUT2D eigenvalue weighted by Gasteiger charge is -2.31. The molecule has 3 heterocycles. The van der Waals surface area contributed by atoms with E-state index >= 15 is 0 Å². The van der Waals surface area contributed by atoms with Gasteiger partial charge in [0.1, 0.15) is 11.5 Å². The summed E-state index contributed by atoms with van der Waals surface area (Å²) >= 11 is 0. The Morgan fingerprint density at radius 2 is 2.00 bits per heavy atom. The van der Waals surface area contributed by atoms with E-state index in [2.05, 4.69) is 27.1 Å². The minimum Gasteiger partial charge on any atom is -0.445 e. The van der Waals surface area contributed by atoms with E-state index in [9.17, 15) is 4.79 Å². The molecule has 1 saturated heterocycles. The van der Waals surface area contributed by atoms with Crippen LogP contribution in [0.15, 0.2) is 53.3 Å². The van der Waals surface area contributed by atoms with Gasteiger partial charge in [0.05, 0.1) is 24.0 Å². The van der Waals surface area contributed by atoms with Crippen LogP contribution < -0.4 is 0 Å². The summed E-state index contributed by atoms with van der Waals surface area (Å²) in [6, 6.07) is 10.2. The zero-order valence-corrected chi connectivity index (χ0v) is 15.3. The van der Waals surface area contributed by atoms with Crippen LogP contribution >= 0.6 is 0 Å². The van der Waals surface area contributed by atoms with Gasteiger partial charge in [0, 0.05) is 25.7 Å². The van der Waals surface area contributed by atoms with E-state index in [0.717, 1.165) is 37.3 Å². The molecule has 0 radical (unpaired) electrons. The third-order valence-corrected chi connectivity index (χ3v) is 4.85. The number of nitrogens with zero attached hydrogens (tertiary/aromatic N) is 4. The molecule has 1 unspecified atom stereocenters. The predicted octanol–water partition coefficient (Wildman–Crippen LogP) is 3.38. The summed E-state index contributed by atoms with van der Waals surface area (Å²) in [6.45, 7) is 3.18. The molecule has 4 rings (SSSR count). The van der Waals surface area contributed by atoms with Gasteiger partial charge in [-0.1, -0.05) is 30.3 Å². The number of aryl methyl sites for hydroxylation is 1. The molecule has 138 valence electrons. The van der Waals surface area contributed by atoms with Gasteiger partial charge in [-0.05, 0) is 25.3 Å². The number of hydrogen-bond acceptors (Lipinski definition) is 5. The molecule has 1 atom stereocenters. The summed E-state index contributed by atoms with van der Waals surface area (Å²) in [5.41, 5.74) is 2.38. The summed E-state index contributed by atoms with van der Waals surface area (Å²) in [6.07, 6.45) is 7.58. The van der Waals surface area contributed by atoms with E-state index in [1.807, 2.05) is 30.0 Å². The normalized spacial score (nSPS) is 17.1. The van der Waals surface area contributed by atoms with E-state index in [0.29, 0.717) is 18.1 Å². The van der Waals surface area contributed by atoms with Crippen LogP contribution in [-0.4, -0.2) is 38.8 Å². The smallest absolute Gasteiger partial charge is 0.274 e. The average Bonchev–Trinajstić information content (AvgIpc) is 3.17. The van der Waals surface area contributed by atoms with Crippen molar-refractivity contribution in [3.8, 4) is 0 Å². The molecule has 6 heteroatoms. The average molecular weight is 362 g/mol. The van der Waals surface area contributed by atoms with Gasteiger partial charge in [0.2, 0.25) is 0 Å². The van der Waals surface area contributed by atoms with Gasteiger partial charge < -0.3 is 9.32 Å². The van der Waals surface area contributed by atoms with Gasteiger partial charge in [0.25, 0.3) is 5.91 Å². The lowest BCUT2D eigenvalue weighted by Crippen LogP contribution is -2.39. The van der Waals surface area contributed by atoms with E-state index in [-0.39, 0.29) is 11.8 Å². The number of piperidine rings is 1. The highest BCUT2D eigenvalue weighted by Gasteiger charge is 2.29. The number of amides is 1. The number of rotatable bonds is 4. The quantitative estimate of drug-likeness (QED) is 0.711. The number of carbonyl (C=O) groups excluding carboxylic acids is 1. The predicted molar refractivity (Wildman–Crippen MR) is 100 cm³/mol. The van der Waals surface area contributed by atoms with E-state index in [1.54, 1.807) is 18.6 Å². The van der Waals surface area contributed by atoms with Crippen molar-refractivity contribution in [1.82, 2.24) is 19.9 Å². The Morgan fingerprint density at radius 3 is 2.78 bits per heavy atom. The number of benzene rings is 1. The molecule has 1 aliphatic rings. The molecule has 0 saturated carbocycles. The maximum Gasteiger partial charge on any atom is 0.274 e. The van der Waals surface area contributed by atoms with Crippen LogP contribution in [-0.2, 0) is 6.42 Å². The highest BCUT2D eigenvalue weighted by molar-refractivity contribution is 5.92. The van der Waals surface area contributed by atoms with Crippen molar-refractivity contribution < 1.29 is 9.21 Å². The monoisotopic (exact) mass is 362 g/mol. The van der Waals surface area contributed by atoms with Gasteiger partial charge in [-0.25, -0.2) is 9.97 Å². The van der Waals surface area contributed by atoms with Crippen LogP contribution in [0, 0.1) is 6.92 Å². The van der Waals surface area contributed by atoms with Gasteiger partial charge in [0.15, 0.2) is 5.89 Å². The van der Waals surface area contributed by atoms with Crippen LogP contribution in [0.25, 0.3) is 0 Å². The molecule has 6 nitrogen and oxygen atoms in total. The first-order valence-corrected chi connectivity index (χ1v) is 9.25. The first-order valence-electron chi connectivity index (χ1n) is 9.25. The van der Waals surface area contributed by atoms with Crippen molar-refractivity contribution in [3.05, 3.63) is 77.5 Å². The zero-order valence-electron chi connectivity index (χ0n) is 15.3. The number of carbonyl (C=O) groups is 1. The molecule has 0 spiro atoms. The number of likely N-dealkylation sites (tertiary alicyclic amines) is 1. The fraction of sp³-hybridized carbons (Fsp3) is 0.333. The van der Waals surface area contributed by atoms with Crippen molar-refractivity contribution in [2.45, 2.75) is 32.1 Å². The third kappa shape index (κ3) is 4.05. The molecule has 1 fully saturated rings. The summed E-state index contributed by atoms with van der Waals surface area (Å²) in [5.74, 6) is 1.60. The molecule has 1 aromatic carbocycles. The number of oxazole rings is 1. The molecule has 3 aromatic rings. The van der Waals surface area contributed by atoms with Crippen molar-refractivity contribution in [3.63, 3.8) is 0 Å². The molecule has 1 aliphatic heterocycles. The van der Waals surface area contributed by atoms with E-state index in [1.165, 1.54) is 5.56 Å². The van der Waals surface area contributed by atoms with E-state index < -0.39 is 0 Å². The Hall–Kier alpha value is -3.02. The molecule has 1 amide bonds. The molecular weight excluding hydrogens is 340 g/mol. The van der Waals surface area contributed by atoms with Crippen molar-refractivity contribution in [2.75, 3.05) is 13.1 Å². The van der Waals surface area contributed by atoms with Gasteiger partial charge in [-0.2, -0.15) is 0 Å². The fourth-order valence-corrected chi connectivity index (χ4v) is 3.42. The Morgan fingerprint density at radius 1 is 1.15 bits per heavy atom. The largest absolute Gasteiger partial charge is 0.445 e. The minimum absolute atomic E-state index is 0.0803. The Bertz CT molecular complexity index is 905. The van der Waals surface area contributed by atoms with Crippen LogP contribution in [0.4, 0.5) is 0 Å². The first-order chi connectivity index (χ1) is 13.2. The van der Waals surface area contributed by atoms with Gasteiger partial charge in [-0.3, -0.25) is 9.78 Å². The van der Waals surface area contributed by atoms with Gasteiger partial charge >= 0.3 is 0 Å². The molecule has 2 aromatic heterocycles. The second kappa shape index (κ2) is 7.70. The Labute approximate surface area is 158 Å². The molecule has 0 bridgehead atoms. The zero-order chi connectivity index (χ0) is 18.6. The first kappa shape index (κ1) is 17.4. The maximum absolute atomic E-state index is 12.7. The maximum atomic E-state index is 12.7. The van der Waals surface area contributed by atoms with Gasteiger partial charge in [-0.15, -0.1) is 0 Å². The van der Waals surface area contributed by atoms with Crippen molar-refractivity contribution in [1.29, 1.82) is 0 Å². The fourth-order valence-electron chi connectivity index (χ4n) is 3.42. The number of aromatic nitrogens is 3. The van der Waals surface area contributed by atoms with Crippen LogP contribution in [0.2, 0.25) is 0 Å². The van der Waals surface area contributed by atoms with Crippen molar-refractivity contribution >= 4 is 5.91 Å². The standard InChI is InChI=1S/C21H22N4O2/c1-15-11-23-19(13-22-15)21(26)25-9-5-8-17(14-25)20-24-12-18(27-20)10-16-6-3-2-4-7-16/h2-4,6-7,11-13,17H,5,8-10,14H2,1H3. The second-order valence-electron chi connectivity index (χ2n) is 6.96. The minimum atomic E-state index is -0.0803. The molecular formula is C21H22N4O2. The topological polar surface area (TPSA) is 72.1 Å². The summed E-state index contributed by atoms with van der Waals surface area (Å²) in [7, 11) is 0. The molecule has 0 N–H and O–H groups in total. The highest BCUT2D eigenvalue weighted by Crippen LogP contribution is 2.27. The number of hydrogen-bond donors (Lipinski definition) is 0. The summed E-state index contributed by atoms with van der Waals surface area (Å²) in [4.78, 5) is 27.4.